The van der Waals surface area contributed by atoms with Crippen LogP contribution in [0.15, 0.2) is 72.8 Å². The second kappa shape index (κ2) is 5.96. The van der Waals surface area contributed by atoms with Crippen LogP contribution in [-0.2, 0) is 0 Å². The molecule has 2 aromatic carbocycles. The van der Waals surface area contributed by atoms with Gasteiger partial charge in [0.05, 0.1) is 0 Å². The van der Waals surface area contributed by atoms with Gasteiger partial charge in [-0.3, -0.25) is 0 Å². The summed E-state index contributed by atoms with van der Waals surface area (Å²) < 4.78 is 0. The van der Waals surface area contributed by atoms with Gasteiger partial charge in [0.1, 0.15) is 0 Å². The molecule has 0 heterocycles. The summed E-state index contributed by atoms with van der Waals surface area (Å²) in [5.74, 6) is 0. The molecule has 0 spiro atoms. The number of rotatable bonds is 2. The topological polar surface area (TPSA) is 40.5 Å². The Morgan fingerprint density at radius 3 is 1.29 bits per heavy atom. The maximum absolute atomic E-state index is 7.12. The fourth-order valence-corrected chi connectivity index (χ4v) is 2.63. The van der Waals surface area contributed by atoms with Gasteiger partial charge >= 0.3 is 7.69 Å². The Kier molecular flexibility index (Phi) is 3.86. The molecule has 2 aromatic rings. The molecule has 102 valence electrons. The number of hydrogen-bond acceptors (Lipinski definition) is 2. The number of hydrogen-bond donors (Lipinski definition) is 2. The zero-order valence-corrected chi connectivity index (χ0v) is 11.5. The molecule has 0 bridgehead atoms. The molecule has 0 unspecified atom stereocenters. The minimum Gasteiger partial charge on any atom is -0.430 e. The first kappa shape index (κ1) is 13.6. The maximum Gasteiger partial charge on any atom is 0.432 e. The second-order valence-corrected chi connectivity index (χ2v) is 4.82. The molecule has 3 heteroatoms. The van der Waals surface area contributed by atoms with Gasteiger partial charge in [0.2, 0.25) is 0 Å². The van der Waals surface area contributed by atoms with E-state index in [0.29, 0.717) is 0 Å². The fourth-order valence-electron chi connectivity index (χ4n) is 2.63. The van der Waals surface area contributed by atoms with Crippen molar-refractivity contribution in [2.45, 2.75) is 0 Å². The summed E-state index contributed by atoms with van der Waals surface area (Å²) in [4.78, 5) is 0. The monoisotopic (exact) mass is 274 g/mol. The molecular formula is C18H15BO2. The van der Waals surface area contributed by atoms with E-state index in [4.69, 9.17) is 10.0 Å². The van der Waals surface area contributed by atoms with Gasteiger partial charge in [-0.15, -0.1) is 0 Å². The van der Waals surface area contributed by atoms with Gasteiger partial charge in [-0.2, -0.15) is 0 Å². The Hall–Kier alpha value is -2.36. The number of benzene rings is 3. The Morgan fingerprint density at radius 1 is 0.571 bits per heavy atom. The average Bonchev–Trinajstić information content (AvgIpc) is 2.52. The fraction of sp³-hybridized carbons (Fsp3) is 0. The van der Waals surface area contributed by atoms with Crippen molar-refractivity contribution in [3.8, 4) is 33.4 Å². The summed E-state index contributed by atoms with van der Waals surface area (Å²) in [6, 6.07) is 25.8. The largest absolute Gasteiger partial charge is 0.432 e. The maximum atomic E-state index is 7.12. The lowest BCUT2D eigenvalue weighted by atomic mass is 9.76. The molecule has 0 amide bonds. The Morgan fingerprint density at radius 2 is 0.952 bits per heavy atom. The lowest BCUT2D eigenvalue weighted by Crippen LogP contribution is -2.01. The van der Waals surface area contributed by atoms with E-state index >= 15 is 0 Å². The van der Waals surface area contributed by atoms with Crippen molar-refractivity contribution in [1.82, 2.24) is 0 Å². The highest BCUT2D eigenvalue weighted by atomic mass is 16.4. The molecule has 0 fully saturated rings. The quantitative estimate of drug-likeness (QED) is 0.551. The van der Waals surface area contributed by atoms with Crippen molar-refractivity contribution in [3.05, 3.63) is 72.8 Å². The van der Waals surface area contributed by atoms with Crippen LogP contribution in [0.2, 0.25) is 0 Å². The zero-order chi connectivity index (χ0) is 14.7. The Bertz CT molecular complexity index is 679. The predicted molar refractivity (Wildman–Crippen MR) is 87.9 cm³/mol. The molecule has 0 saturated heterocycles. The van der Waals surface area contributed by atoms with Crippen molar-refractivity contribution in [3.63, 3.8) is 0 Å². The van der Waals surface area contributed by atoms with Crippen molar-refractivity contribution in [1.29, 1.82) is 0 Å². The molecule has 4 rings (SSSR count). The van der Waals surface area contributed by atoms with Crippen LogP contribution in [0, 0.1) is 0 Å². The van der Waals surface area contributed by atoms with E-state index in [2.05, 4.69) is 72.8 Å². The Balaban J connectivity index is 0.000000409. The lowest BCUT2D eigenvalue weighted by Gasteiger charge is -2.27. The highest BCUT2D eigenvalue weighted by molar-refractivity contribution is 6.13. The van der Waals surface area contributed by atoms with Crippen LogP contribution in [-0.4, -0.2) is 17.7 Å². The summed E-state index contributed by atoms with van der Waals surface area (Å²) in [6.45, 7) is 0. The minimum absolute atomic E-state index is 0.750. The SMILES string of the molecule is OBO.c1ccc(-c2cc3cc(-c4ccccc4)c2-3)cc1. The summed E-state index contributed by atoms with van der Waals surface area (Å²) in [5.41, 5.74) is 8.23. The molecule has 2 nitrogen and oxygen atoms in total. The normalized spacial score (nSPS) is 10.4. The third-order valence-corrected chi connectivity index (χ3v) is 3.60. The molecule has 21 heavy (non-hydrogen) atoms. The van der Waals surface area contributed by atoms with E-state index in [1.165, 1.54) is 33.4 Å². The van der Waals surface area contributed by atoms with E-state index in [-0.39, 0.29) is 0 Å². The van der Waals surface area contributed by atoms with Crippen LogP contribution < -0.4 is 0 Å². The predicted octanol–water partition coefficient (Wildman–Crippen LogP) is 3.24. The third kappa shape index (κ3) is 2.49. The van der Waals surface area contributed by atoms with Crippen molar-refractivity contribution in [2.24, 2.45) is 0 Å². The summed E-state index contributed by atoms with van der Waals surface area (Å²) in [7, 11) is -0.750. The molecule has 0 saturated carbocycles. The van der Waals surface area contributed by atoms with Crippen LogP contribution in [0.5, 0.6) is 0 Å². The smallest absolute Gasteiger partial charge is 0.430 e. The summed E-state index contributed by atoms with van der Waals surface area (Å²) in [6.07, 6.45) is 0. The van der Waals surface area contributed by atoms with E-state index in [1.807, 2.05) is 0 Å². The van der Waals surface area contributed by atoms with Crippen LogP contribution in [0.4, 0.5) is 0 Å². The average molecular weight is 274 g/mol. The van der Waals surface area contributed by atoms with Crippen molar-refractivity contribution < 1.29 is 10.0 Å². The molecular weight excluding hydrogens is 259 g/mol. The van der Waals surface area contributed by atoms with Crippen LogP contribution in [0.1, 0.15) is 0 Å². The van der Waals surface area contributed by atoms with Crippen LogP contribution >= 0.6 is 0 Å². The van der Waals surface area contributed by atoms with Gasteiger partial charge in [-0.25, -0.2) is 0 Å². The molecule has 0 atom stereocenters. The molecule has 2 N–H and O–H groups in total. The van der Waals surface area contributed by atoms with Gasteiger partial charge < -0.3 is 10.0 Å². The highest BCUT2D eigenvalue weighted by Gasteiger charge is 2.24. The molecule has 2 aliphatic carbocycles. The van der Waals surface area contributed by atoms with Crippen LogP contribution in [0.25, 0.3) is 33.4 Å². The lowest BCUT2D eigenvalue weighted by molar-refractivity contribution is 0.448. The molecule has 0 aromatic heterocycles. The highest BCUT2D eigenvalue weighted by Crippen LogP contribution is 2.51. The zero-order valence-electron chi connectivity index (χ0n) is 11.5. The first-order valence-corrected chi connectivity index (χ1v) is 6.86. The Labute approximate surface area is 124 Å². The van der Waals surface area contributed by atoms with Gasteiger partial charge in [0.15, 0.2) is 0 Å². The van der Waals surface area contributed by atoms with Crippen LogP contribution in [0.3, 0.4) is 0 Å². The minimum atomic E-state index is -0.750. The summed E-state index contributed by atoms with van der Waals surface area (Å²) in [5, 5.41) is 14.2. The second-order valence-electron chi connectivity index (χ2n) is 4.82. The van der Waals surface area contributed by atoms with Gasteiger partial charge in [-0.05, 0) is 45.5 Å². The van der Waals surface area contributed by atoms with Gasteiger partial charge in [-0.1, -0.05) is 60.7 Å². The van der Waals surface area contributed by atoms with Crippen molar-refractivity contribution in [2.75, 3.05) is 0 Å². The molecule has 0 aliphatic heterocycles. The first-order chi connectivity index (χ1) is 10.3. The first-order valence-electron chi connectivity index (χ1n) is 6.86. The summed E-state index contributed by atoms with van der Waals surface area (Å²) >= 11 is 0. The van der Waals surface area contributed by atoms with Gasteiger partial charge in [0.25, 0.3) is 0 Å². The number of fused-ring (bicyclic) bond motifs is 1. The van der Waals surface area contributed by atoms with Crippen molar-refractivity contribution >= 4 is 7.69 Å². The molecule has 2 aliphatic rings. The van der Waals surface area contributed by atoms with E-state index in [9.17, 15) is 0 Å². The van der Waals surface area contributed by atoms with E-state index < -0.39 is 7.69 Å². The standard InChI is InChI=1S/C18H12.BH3O2/c1-3-7-13(8-4-1)16-11-15-12-17(18(15)16)14-9-5-2-6-10-14;2-1-3/h1-12H;1-3H. The van der Waals surface area contributed by atoms with E-state index in [0.717, 1.165) is 0 Å². The third-order valence-electron chi connectivity index (χ3n) is 3.60. The van der Waals surface area contributed by atoms with E-state index in [1.54, 1.807) is 0 Å². The molecule has 0 radical (unpaired) electrons. The van der Waals surface area contributed by atoms with Gasteiger partial charge in [0, 0.05) is 0 Å².